The van der Waals surface area contributed by atoms with E-state index in [4.69, 9.17) is 9.47 Å². The average molecular weight is 230 g/mol. The van der Waals surface area contributed by atoms with Crippen LogP contribution in [0, 0.1) is 0 Å². The molecule has 1 fully saturated rings. The van der Waals surface area contributed by atoms with E-state index in [1.54, 1.807) is 7.11 Å². The molecule has 1 heterocycles. The highest BCUT2D eigenvalue weighted by molar-refractivity contribution is 5.85. The van der Waals surface area contributed by atoms with Crippen LogP contribution in [-0.2, 0) is 19.1 Å². The summed E-state index contributed by atoms with van der Waals surface area (Å²) in [6.07, 6.45) is 0.787. The second-order valence-corrected chi connectivity index (χ2v) is 3.56. The van der Waals surface area contributed by atoms with Crippen LogP contribution in [-0.4, -0.2) is 63.3 Å². The Hall–Kier alpha value is -1.14. The molecule has 2 amide bonds. The molecule has 0 saturated carbocycles. The molecule has 0 radical (unpaired) electrons. The lowest BCUT2D eigenvalue weighted by Gasteiger charge is -2.18. The summed E-state index contributed by atoms with van der Waals surface area (Å²) in [5, 5.41) is 2.71. The minimum Gasteiger partial charge on any atom is -0.382 e. The van der Waals surface area contributed by atoms with Crippen molar-refractivity contribution in [1.82, 2.24) is 10.2 Å². The number of amides is 2. The molecule has 0 aromatic carbocycles. The van der Waals surface area contributed by atoms with E-state index in [9.17, 15) is 9.59 Å². The highest BCUT2D eigenvalue weighted by Crippen LogP contribution is 1.97. The van der Waals surface area contributed by atoms with E-state index in [1.807, 2.05) is 0 Å². The van der Waals surface area contributed by atoms with Gasteiger partial charge in [-0.25, -0.2) is 0 Å². The summed E-state index contributed by atoms with van der Waals surface area (Å²) in [5.41, 5.74) is 0. The number of nitrogens with one attached hydrogen (secondary N) is 1. The second-order valence-electron chi connectivity index (χ2n) is 3.56. The topological polar surface area (TPSA) is 67.9 Å². The third-order valence-corrected chi connectivity index (χ3v) is 2.27. The summed E-state index contributed by atoms with van der Waals surface area (Å²) in [4.78, 5) is 24.4. The lowest BCUT2D eigenvalue weighted by Crippen LogP contribution is -2.39. The molecule has 0 aromatic heterocycles. The molecular formula is C10H18N2O4. The van der Waals surface area contributed by atoms with Gasteiger partial charge in [-0.3, -0.25) is 9.59 Å². The Morgan fingerprint density at radius 2 is 2.31 bits per heavy atom. The number of carbonyl (C=O) groups excluding carboxylic acids is 2. The van der Waals surface area contributed by atoms with Crippen LogP contribution in [0.15, 0.2) is 0 Å². The van der Waals surface area contributed by atoms with Crippen molar-refractivity contribution in [1.29, 1.82) is 0 Å². The fraction of sp³-hybridized carbons (Fsp3) is 0.800. The van der Waals surface area contributed by atoms with E-state index >= 15 is 0 Å². The van der Waals surface area contributed by atoms with Gasteiger partial charge < -0.3 is 19.7 Å². The van der Waals surface area contributed by atoms with Crippen LogP contribution in [0.1, 0.15) is 6.42 Å². The molecule has 92 valence electrons. The maximum atomic E-state index is 11.6. The number of rotatable bonds is 5. The number of methoxy groups -OCH3 is 1. The Balaban J connectivity index is 2.25. The van der Waals surface area contributed by atoms with Crippen molar-refractivity contribution in [3.63, 3.8) is 0 Å². The number of hydrogen-bond donors (Lipinski definition) is 1. The third kappa shape index (κ3) is 4.59. The second kappa shape index (κ2) is 7.19. The Bertz CT molecular complexity index is 245. The summed E-state index contributed by atoms with van der Waals surface area (Å²) < 4.78 is 9.91. The van der Waals surface area contributed by atoms with Gasteiger partial charge in [0.1, 0.15) is 6.61 Å². The zero-order valence-corrected chi connectivity index (χ0v) is 9.53. The SMILES string of the molecule is COCCOCC(=O)N1CCCNC(=O)C1. The molecule has 1 rings (SSSR count). The zero-order chi connectivity index (χ0) is 11.8. The van der Waals surface area contributed by atoms with Crippen LogP contribution in [0.3, 0.4) is 0 Å². The van der Waals surface area contributed by atoms with Gasteiger partial charge in [-0.05, 0) is 6.42 Å². The molecule has 0 unspecified atom stereocenters. The van der Waals surface area contributed by atoms with Gasteiger partial charge in [0.25, 0.3) is 0 Å². The highest BCUT2D eigenvalue weighted by Gasteiger charge is 2.19. The van der Waals surface area contributed by atoms with Crippen LogP contribution < -0.4 is 5.32 Å². The van der Waals surface area contributed by atoms with Crippen LogP contribution in [0.5, 0.6) is 0 Å². The predicted octanol–water partition coefficient (Wildman–Crippen LogP) is -1.00. The quantitative estimate of drug-likeness (QED) is 0.615. The summed E-state index contributed by atoms with van der Waals surface area (Å²) in [7, 11) is 1.57. The number of nitrogens with zero attached hydrogens (tertiary/aromatic N) is 1. The van der Waals surface area contributed by atoms with Gasteiger partial charge in [-0.2, -0.15) is 0 Å². The standard InChI is InChI=1S/C10H18N2O4/c1-15-5-6-16-8-10(14)12-4-2-3-11-9(13)7-12/h2-8H2,1H3,(H,11,13). The lowest BCUT2D eigenvalue weighted by molar-refractivity contribution is -0.139. The van der Waals surface area contributed by atoms with E-state index in [-0.39, 0.29) is 25.0 Å². The molecule has 0 spiro atoms. The molecule has 0 aromatic rings. The fourth-order valence-electron chi connectivity index (χ4n) is 1.41. The smallest absolute Gasteiger partial charge is 0.249 e. The van der Waals surface area contributed by atoms with Gasteiger partial charge in [0.2, 0.25) is 11.8 Å². The fourth-order valence-corrected chi connectivity index (χ4v) is 1.41. The zero-order valence-electron chi connectivity index (χ0n) is 9.53. The molecule has 1 aliphatic heterocycles. The minimum absolute atomic E-state index is 0.0106. The van der Waals surface area contributed by atoms with Gasteiger partial charge in [-0.15, -0.1) is 0 Å². The molecule has 6 heteroatoms. The predicted molar refractivity (Wildman–Crippen MR) is 56.9 cm³/mol. The molecule has 0 aliphatic carbocycles. The van der Waals surface area contributed by atoms with E-state index in [0.29, 0.717) is 26.3 Å². The summed E-state index contributed by atoms with van der Waals surface area (Å²) in [6, 6.07) is 0. The largest absolute Gasteiger partial charge is 0.382 e. The Morgan fingerprint density at radius 3 is 3.06 bits per heavy atom. The molecule has 16 heavy (non-hydrogen) atoms. The molecule has 1 saturated heterocycles. The Labute approximate surface area is 94.9 Å². The highest BCUT2D eigenvalue weighted by atomic mass is 16.5. The first-order chi connectivity index (χ1) is 7.74. The molecule has 1 N–H and O–H groups in total. The first kappa shape index (κ1) is 12.9. The van der Waals surface area contributed by atoms with Gasteiger partial charge in [0.05, 0.1) is 19.8 Å². The van der Waals surface area contributed by atoms with Crippen molar-refractivity contribution >= 4 is 11.8 Å². The normalized spacial score (nSPS) is 16.8. The van der Waals surface area contributed by atoms with Crippen molar-refractivity contribution in [3.8, 4) is 0 Å². The van der Waals surface area contributed by atoms with Crippen LogP contribution >= 0.6 is 0 Å². The van der Waals surface area contributed by atoms with Gasteiger partial charge >= 0.3 is 0 Å². The van der Waals surface area contributed by atoms with Gasteiger partial charge in [-0.1, -0.05) is 0 Å². The van der Waals surface area contributed by atoms with Crippen molar-refractivity contribution in [2.24, 2.45) is 0 Å². The molecule has 0 atom stereocenters. The minimum atomic E-state index is -0.145. The monoisotopic (exact) mass is 230 g/mol. The van der Waals surface area contributed by atoms with Gasteiger partial charge in [0, 0.05) is 20.2 Å². The number of ether oxygens (including phenoxy) is 2. The Kier molecular flexibility index (Phi) is 5.81. The van der Waals surface area contributed by atoms with E-state index < -0.39 is 0 Å². The Morgan fingerprint density at radius 1 is 1.50 bits per heavy atom. The maximum Gasteiger partial charge on any atom is 0.249 e. The van der Waals surface area contributed by atoms with Crippen LogP contribution in [0.4, 0.5) is 0 Å². The molecule has 1 aliphatic rings. The van der Waals surface area contributed by atoms with Crippen LogP contribution in [0.25, 0.3) is 0 Å². The summed E-state index contributed by atoms with van der Waals surface area (Å²) in [5.74, 6) is -0.254. The maximum absolute atomic E-state index is 11.6. The van der Waals surface area contributed by atoms with Crippen molar-refractivity contribution in [3.05, 3.63) is 0 Å². The first-order valence-corrected chi connectivity index (χ1v) is 5.35. The van der Waals surface area contributed by atoms with Crippen molar-refractivity contribution < 1.29 is 19.1 Å². The van der Waals surface area contributed by atoms with Crippen LogP contribution in [0.2, 0.25) is 0 Å². The molecular weight excluding hydrogens is 212 g/mol. The molecule has 6 nitrogen and oxygen atoms in total. The summed E-state index contributed by atoms with van der Waals surface area (Å²) in [6.45, 7) is 2.23. The van der Waals surface area contributed by atoms with E-state index in [2.05, 4.69) is 5.32 Å². The van der Waals surface area contributed by atoms with E-state index in [0.717, 1.165) is 6.42 Å². The lowest BCUT2D eigenvalue weighted by atomic mass is 10.4. The summed E-state index contributed by atoms with van der Waals surface area (Å²) >= 11 is 0. The van der Waals surface area contributed by atoms with Gasteiger partial charge in [0.15, 0.2) is 0 Å². The van der Waals surface area contributed by atoms with Crippen molar-refractivity contribution in [2.75, 3.05) is 46.6 Å². The average Bonchev–Trinajstić information content (AvgIpc) is 2.49. The third-order valence-electron chi connectivity index (χ3n) is 2.27. The number of hydrogen-bond acceptors (Lipinski definition) is 4. The first-order valence-electron chi connectivity index (χ1n) is 5.35. The van der Waals surface area contributed by atoms with Crippen molar-refractivity contribution in [2.45, 2.75) is 6.42 Å². The number of carbonyl (C=O) groups is 2. The van der Waals surface area contributed by atoms with E-state index in [1.165, 1.54) is 4.90 Å². The molecule has 0 bridgehead atoms.